The summed E-state index contributed by atoms with van der Waals surface area (Å²) in [6.07, 6.45) is 0. The molecular formula is C14H13N3O. The SMILES string of the molecule is N=C(N)c1ccc(NC(=O)c2ccccc2)cc1. The Kier molecular flexibility index (Phi) is 3.38. The van der Waals surface area contributed by atoms with Crippen LogP contribution >= 0.6 is 0 Å². The topological polar surface area (TPSA) is 79.0 Å². The molecule has 0 saturated heterocycles. The lowest BCUT2D eigenvalue weighted by Crippen LogP contribution is -2.13. The third-order valence-electron chi connectivity index (χ3n) is 2.49. The highest BCUT2D eigenvalue weighted by Crippen LogP contribution is 2.11. The Balaban J connectivity index is 2.10. The van der Waals surface area contributed by atoms with Gasteiger partial charge in [-0.1, -0.05) is 18.2 Å². The maximum absolute atomic E-state index is 11.9. The molecule has 4 nitrogen and oxygen atoms in total. The third kappa shape index (κ3) is 2.74. The molecule has 0 unspecified atom stereocenters. The Morgan fingerprint density at radius 3 is 2.11 bits per heavy atom. The first-order valence-corrected chi connectivity index (χ1v) is 5.47. The smallest absolute Gasteiger partial charge is 0.255 e. The lowest BCUT2D eigenvalue weighted by Gasteiger charge is -2.06. The second-order valence-corrected chi connectivity index (χ2v) is 3.81. The molecule has 0 spiro atoms. The summed E-state index contributed by atoms with van der Waals surface area (Å²) in [4.78, 5) is 11.9. The van der Waals surface area contributed by atoms with E-state index in [1.54, 1.807) is 36.4 Å². The van der Waals surface area contributed by atoms with Crippen molar-refractivity contribution in [2.24, 2.45) is 5.73 Å². The first-order chi connectivity index (χ1) is 8.66. The zero-order chi connectivity index (χ0) is 13.0. The molecule has 0 bridgehead atoms. The molecule has 0 heterocycles. The molecule has 0 atom stereocenters. The van der Waals surface area contributed by atoms with Gasteiger partial charge in [-0.2, -0.15) is 0 Å². The van der Waals surface area contributed by atoms with Gasteiger partial charge in [-0.05, 0) is 36.4 Å². The molecular weight excluding hydrogens is 226 g/mol. The summed E-state index contributed by atoms with van der Waals surface area (Å²) in [5, 5.41) is 10.0. The van der Waals surface area contributed by atoms with Gasteiger partial charge in [0.05, 0.1) is 0 Å². The van der Waals surface area contributed by atoms with Gasteiger partial charge in [-0.3, -0.25) is 10.2 Å². The van der Waals surface area contributed by atoms with Crippen LogP contribution in [0, 0.1) is 5.41 Å². The summed E-state index contributed by atoms with van der Waals surface area (Å²) in [6.45, 7) is 0. The summed E-state index contributed by atoms with van der Waals surface area (Å²) in [5.74, 6) is -0.151. The van der Waals surface area contributed by atoms with Crippen molar-refractivity contribution in [2.45, 2.75) is 0 Å². The number of nitrogen functional groups attached to an aromatic ring is 1. The van der Waals surface area contributed by atoms with Crippen molar-refractivity contribution in [3.05, 3.63) is 65.7 Å². The van der Waals surface area contributed by atoms with Crippen LogP contribution in [-0.2, 0) is 0 Å². The van der Waals surface area contributed by atoms with Gasteiger partial charge in [-0.15, -0.1) is 0 Å². The molecule has 0 fully saturated rings. The molecule has 2 rings (SSSR count). The Bertz CT molecular complexity index is 561. The molecule has 0 saturated carbocycles. The van der Waals surface area contributed by atoms with Crippen LogP contribution in [0.25, 0.3) is 0 Å². The molecule has 90 valence electrons. The molecule has 0 aliphatic rings. The lowest BCUT2D eigenvalue weighted by molar-refractivity contribution is 0.102. The molecule has 0 radical (unpaired) electrons. The highest BCUT2D eigenvalue weighted by molar-refractivity contribution is 6.04. The van der Waals surface area contributed by atoms with E-state index in [0.29, 0.717) is 16.8 Å². The van der Waals surface area contributed by atoms with E-state index in [1.165, 1.54) is 0 Å². The third-order valence-corrected chi connectivity index (χ3v) is 2.49. The van der Waals surface area contributed by atoms with E-state index < -0.39 is 0 Å². The van der Waals surface area contributed by atoms with E-state index >= 15 is 0 Å². The quantitative estimate of drug-likeness (QED) is 0.567. The minimum absolute atomic E-state index is 0.0101. The molecule has 4 heteroatoms. The Morgan fingerprint density at radius 2 is 1.56 bits per heavy atom. The zero-order valence-corrected chi connectivity index (χ0v) is 9.68. The minimum atomic E-state index is -0.161. The molecule has 0 aliphatic heterocycles. The van der Waals surface area contributed by atoms with Crippen molar-refractivity contribution in [2.75, 3.05) is 5.32 Å². The summed E-state index contributed by atoms with van der Waals surface area (Å²) in [6, 6.07) is 15.8. The predicted octanol–water partition coefficient (Wildman–Crippen LogP) is 2.22. The number of rotatable bonds is 3. The van der Waals surface area contributed by atoms with Crippen LogP contribution in [0.3, 0.4) is 0 Å². The van der Waals surface area contributed by atoms with E-state index in [-0.39, 0.29) is 11.7 Å². The van der Waals surface area contributed by atoms with Crippen LogP contribution in [-0.4, -0.2) is 11.7 Å². The predicted molar refractivity (Wildman–Crippen MR) is 71.9 cm³/mol. The molecule has 4 N–H and O–H groups in total. The average Bonchev–Trinajstić information content (AvgIpc) is 2.40. The summed E-state index contributed by atoms with van der Waals surface area (Å²) in [5.41, 5.74) is 7.26. The van der Waals surface area contributed by atoms with E-state index in [4.69, 9.17) is 11.1 Å². The minimum Gasteiger partial charge on any atom is -0.384 e. The molecule has 0 aromatic heterocycles. The maximum atomic E-state index is 11.9. The first kappa shape index (κ1) is 11.9. The van der Waals surface area contributed by atoms with Gasteiger partial charge < -0.3 is 11.1 Å². The number of nitrogens with one attached hydrogen (secondary N) is 2. The van der Waals surface area contributed by atoms with Crippen molar-refractivity contribution in [3.63, 3.8) is 0 Å². The van der Waals surface area contributed by atoms with Crippen molar-refractivity contribution >= 4 is 17.4 Å². The standard InChI is InChI=1S/C14H13N3O/c15-13(16)10-6-8-12(9-7-10)17-14(18)11-4-2-1-3-5-11/h1-9H,(H3,15,16)(H,17,18). The van der Waals surface area contributed by atoms with Crippen molar-refractivity contribution < 1.29 is 4.79 Å². The molecule has 18 heavy (non-hydrogen) atoms. The first-order valence-electron chi connectivity index (χ1n) is 5.47. The van der Waals surface area contributed by atoms with Gasteiger partial charge in [0.25, 0.3) is 5.91 Å². The highest BCUT2D eigenvalue weighted by atomic mass is 16.1. The van der Waals surface area contributed by atoms with E-state index in [1.807, 2.05) is 18.2 Å². The summed E-state index contributed by atoms with van der Waals surface area (Å²) in [7, 11) is 0. The number of nitrogens with two attached hydrogens (primary N) is 1. The van der Waals surface area contributed by atoms with Crippen LogP contribution in [0.4, 0.5) is 5.69 Å². The van der Waals surface area contributed by atoms with Gasteiger partial charge in [0, 0.05) is 16.8 Å². The zero-order valence-electron chi connectivity index (χ0n) is 9.68. The number of carbonyl (C=O) groups is 1. The van der Waals surface area contributed by atoms with Crippen LogP contribution in [0.1, 0.15) is 15.9 Å². The van der Waals surface area contributed by atoms with Crippen molar-refractivity contribution in [3.8, 4) is 0 Å². The van der Waals surface area contributed by atoms with Gasteiger partial charge in [-0.25, -0.2) is 0 Å². The van der Waals surface area contributed by atoms with Gasteiger partial charge in [0.15, 0.2) is 0 Å². The molecule has 1 amide bonds. The Labute approximate surface area is 105 Å². The number of amides is 1. The number of hydrogen-bond donors (Lipinski definition) is 3. The largest absolute Gasteiger partial charge is 0.384 e. The fourth-order valence-corrected chi connectivity index (χ4v) is 1.53. The molecule has 2 aromatic carbocycles. The Hall–Kier alpha value is -2.62. The van der Waals surface area contributed by atoms with Crippen LogP contribution in [0.15, 0.2) is 54.6 Å². The summed E-state index contributed by atoms with van der Waals surface area (Å²) >= 11 is 0. The lowest BCUT2D eigenvalue weighted by atomic mass is 10.1. The number of hydrogen-bond acceptors (Lipinski definition) is 2. The van der Waals surface area contributed by atoms with Gasteiger partial charge in [0.2, 0.25) is 0 Å². The van der Waals surface area contributed by atoms with Crippen LogP contribution in [0.2, 0.25) is 0 Å². The summed E-state index contributed by atoms with van der Waals surface area (Å²) < 4.78 is 0. The number of anilines is 1. The number of benzene rings is 2. The average molecular weight is 239 g/mol. The van der Waals surface area contributed by atoms with Crippen molar-refractivity contribution in [1.82, 2.24) is 0 Å². The number of carbonyl (C=O) groups excluding carboxylic acids is 1. The van der Waals surface area contributed by atoms with Crippen LogP contribution < -0.4 is 11.1 Å². The molecule has 2 aromatic rings. The second-order valence-electron chi connectivity index (χ2n) is 3.81. The highest BCUT2D eigenvalue weighted by Gasteiger charge is 2.05. The fraction of sp³-hybridized carbons (Fsp3) is 0. The maximum Gasteiger partial charge on any atom is 0.255 e. The monoisotopic (exact) mass is 239 g/mol. The van der Waals surface area contributed by atoms with E-state index in [0.717, 1.165) is 0 Å². The molecule has 0 aliphatic carbocycles. The van der Waals surface area contributed by atoms with Gasteiger partial charge in [0.1, 0.15) is 5.84 Å². The van der Waals surface area contributed by atoms with E-state index in [9.17, 15) is 4.79 Å². The van der Waals surface area contributed by atoms with E-state index in [2.05, 4.69) is 5.32 Å². The van der Waals surface area contributed by atoms with Crippen LogP contribution in [0.5, 0.6) is 0 Å². The fourth-order valence-electron chi connectivity index (χ4n) is 1.53. The Morgan fingerprint density at radius 1 is 0.944 bits per heavy atom. The van der Waals surface area contributed by atoms with Gasteiger partial charge >= 0.3 is 0 Å². The normalized spacial score (nSPS) is 9.78. The second kappa shape index (κ2) is 5.14. The van der Waals surface area contributed by atoms with Crippen molar-refractivity contribution in [1.29, 1.82) is 5.41 Å². The number of amidine groups is 1.